The van der Waals surface area contributed by atoms with Gasteiger partial charge >= 0.3 is 5.00 Å². The first kappa shape index (κ1) is 12.6. The van der Waals surface area contributed by atoms with Crippen molar-refractivity contribution >= 4 is 27.9 Å². The first-order valence-corrected chi connectivity index (χ1v) is 5.92. The molecule has 0 saturated heterocycles. The molecule has 0 atom stereocenters. The second kappa shape index (κ2) is 5.19. The Hall–Kier alpha value is -1.86. The third-order valence-corrected chi connectivity index (χ3v) is 3.24. The number of hydrogen-bond donors (Lipinski definition) is 0. The van der Waals surface area contributed by atoms with Gasteiger partial charge in [0.1, 0.15) is 11.5 Å². The highest BCUT2D eigenvalue weighted by Crippen LogP contribution is 2.37. The van der Waals surface area contributed by atoms with E-state index in [2.05, 4.69) is 4.98 Å². The largest absolute Gasteiger partial charge is 0.497 e. The molecule has 1 aromatic carbocycles. The van der Waals surface area contributed by atoms with Crippen LogP contribution in [0.1, 0.15) is 0 Å². The molecule has 6 nitrogen and oxygen atoms in total. The zero-order valence-corrected chi connectivity index (χ0v) is 10.7. The zero-order chi connectivity index (χ0) is 13.1. The number of benzene rings is 1. The summed E-state index contributed by atoms with van der Waals surface area (Å²) < 4.78 is 10.3. The molecular formula is C10H7ClN2O4S. The van der Waals surface area contributed by atoms with E-state index in [0.29, 0.717) is 11.5 Å². The number of methoxy groups -OCH3 is 1. The molecular weight excluding hydrogens is 280 g/mol. The van der Waals surface area contributed by atoms with E-state index in [-0.39, 0.29) is 15.3 Å². The molecule has 2 aromatic rings. The molecule has 2 rings (SSSR count). The number of hydrogen-bond acceptors (Lipinski definition) is 6. The lowest BCUT2D eigenvalue weighted by Gasteiger charge is -2.02. The van der Waals surface area contributed by atoms with E-state index in [1.165, 1.54) is 0 Å². The average molecular weight is 287 g/mol. The Kier molecular flexibility index (Phi) is 3.63. The maximum atomic E-state index is 10.6. The number of nitrogens with zero attached hydrogens (tertiary/aromatic N) is 2. The Labute approximate surface area is 111 Å². The van der Waals surface area contributed by atoms with E-state index < -0.39 is 4.92 Å². The summed E-state index contributed by atoms with van der Waals surface area (Å²) in [6, 6.07) is 6.75. The van der Waals surface area contributed by atoms with Gasteiger partial charge in [0.05, 0.1) is 12.0 Å². The van der Waals surface area contributed by atoms with Gasteiger partial charge in [0.2, 0.25) is 5.15 Å². The highest BCUT2D eigenvalue weighted by Gasteiger charge is 2.20. The van der Waals surface area contributed by atoms with E-state index in [0.717, 1.165) is 11.3 Å². The Morgan fingerprint density at radius 1 is 1.33 bits per heavy atom. The predicted octanol–water partition coefficient (Wildman–Crippen LogP) is 3.51. The van der Waals surface area contributed by atoms with Crippen LogP contribution in [0.15, 0.2) is 24.3 Å². The molecule has 0 radical (unpaired) electrons. The van der Waals surface area contributed by atoms with Crippen molar-refractivity contribution in [3.05, 3.63) is 39.5 Å². The Bertz CT molecular complexity index is 570. The molecule has 1 heterocycles. The predicted molar refractivity (Wildman–Crippen MR) is 66.8 cm³/mol. The van der Waals surface area contributed by atoms with Crippen LogP contribution in [0.25, 0.3) is 0 Å². The fraction of sp³-hybridized carbons (Fsp3) is 0.100. The van der Waals surface area contributed by atoms with Crippen molar-refractivity contribution < 1.29 is 14.4 Å². The minimum absolute atomic E-state index is 0.122. The molecule has 0 spiro atoms. The molecule has 0 bridgehead atoms. The van der Waals surface area contributed by atoms with Crippen LogP contribution in [0, 0.1) is 10.1 Å². The molecule has 0 N–H and O–H groups in total. The first-order chi connectivity index (χ1) is 8.60. The molecule has 0 fully saturated rings. The molecule has 0 unspecified atom stereocenters. The van der Waals surface area contributed by atoms with Crippen LogP contribution < -0.4 is 9.47 Å². The van der Waals surface area contributed by atoms with E-state index in [1.807, 2.05) is 0 Å². The van der Waals surface area contributed by atoms with Gasteiger partial charge in [-0.3, -0.25) is 10.1 Å². The van der Waals surface area contributed by atoms with Gasteiger partial charge in [0.15, 0.2) is 0 Å². The number of aromatic nitrogens is 1. The fourth-order valence-electron chi connectivity index (χ4n) is 1.18. The van der Waals surface area contributed by atoms with E-state index in [9.17, 15) is 10.1 Å². The second-order valence-electron chi connectivity index (χ2n) is 3.11. The first-order valence-electron chi connectivity index (χ1n) is 4.73. The molecule has 0 aliphatic heterocycles. The summed E-state index contributed by atoms with van der Waals surface area (Å²) in [7, 11) is 1.56. The summed E-state index contributed by atoms with van der Waals surface area (Å²) in [6.07, 6.45) is 0. The van der Waals surface area contributed by atoms with Gasteiger partial charge in [-0.2, -0.15) is 4.98 Å². The SMILES string of the molecule is COc1ccc(Oc2nc(Cl)c([N+](=O)[O-])s2)cc1. The van der Waals surface area contributed by atoms with Crippen molar-refractivity contribution in [2.45, 2.75) is 0 Å². The highest BCUT2D eigenvalue weighted by atomic mass is 35.5. The summed E-state index contributed by atoms with van der Waals surface area (Å²) in [6.45, 7) is 0. The summed E-state index contributed by atoms with van der Waals surface area (Å²) in [5.41, 5.74) is 0. The number of halogens is 1. The lowest BCUT2D eigenvalue weighted by Crippen LogP contribution is -1.84. The van der Waals surface area contributed by atoms with Crippen molar-refractivity contribution in [3.63, 3.8) is 0 Å². The molecule has 1 aromatic heterocycles. The lowest BCUT2D eigenvalue weighted by molar-refractivity contribution is -0.380. The Balaban J connectivity index is 2.18. The Morgan fingerprint density at radius 2 is 1.94 bits per heavy atom. The van der Waals surface area contributed by atoms with Crippen LogP contribution in [0.2, 0.25) is 5.15 Å². The summed E-state index contributed by atoms with van der Waals surface area (Å²) in [5.74, 6) is 1.18. The third-order valence-electron chi connectivity index (χ3n) is 1.98. The van der Waals surface area contributed by atoms with Crippen LogP contribution in [-0.4, -0.2) is 17.0 Å². The van der Waals surface area contributed by atoms with Gasteiger partial charge in [-0.1, -0.05) is 11.6 Å². The van der Waals surface area contributed by atoms with Gasteiger partial charge in [0.25, 0.3) is 5.19 Å². The van der Waals surface area contributed by atoms with Crippen molar-refractivity contribution in [2.75, 3.05) is 7.11 Å². The topological polar surface area (TPSA) is 74.5 Å². The van der Waals surface area contributed by atoms with E-state index >= 15 is 0 Å². The smallest absolute Gasteiger partial charge is 0.366 e. The average Bonchev–Trinajstić information content (AvgIpc) is 2.71. The number of thiazole rings is 1. The van der Waals surface area contributed by atoms with Crippen molar-refractivity contribution in [1.29, 1.82) is 0 Å². The van der Waals surface area contributed by atoms with Gasteiger partial charge in [0, 0.05) is 0 Å². The van der Waals surface area contributed by atoms with Crippen molar-refractivity contribution in [1.82, 2.24) is 4.98 Å². The zero-order valence-electron chi connectivity index (χ0n) is 9.12. The monoisotopic (exact) mass is 286 g/mol. The summed E-state index contributed by atoms with van der Waals surface area (Å²) in [4.78, 5) is 13.8. The van der Waals surface area contributed by atoms with Crippen LogP contribution in [0.5, 0.6) is 16.7 Å². The summed E-state index contributed by atoms with van der Waals surface area (Å²) in [5, 5.41) is 10.3. The molecule has 0 aliphatic rings. The minimum atomic E-state index is -0.596. The van der Waals surface area contributed by atoms with Crippen molar-refractivity contribution in [3.8, 4) is 16.7 Å². The molecule has 18 heavy (non-hydrogen) atoms. The molecule has 8 heteroatoms. The minimum Gasteiger partial charge on any atom is -0.497 e. The Morgan fingerprint density at radius 3 is 2.44 bits per heavy atom. The number of rotatable bonds is 4. The quantitative estimate of drug-likeness (QED) is 0.635. The van der Waals surface area contributed by atoms with Crippen molar-refractivity contribution in [2.24, 2.45) is 0 Å². The normalized spacial score (nSPS) is 10.1. The standard InChI is InChI=1S/C10H7ClN2O4S/c1-16-6-2-4-7(5-3-6)17-10-12-8(11)9(18-10)13(14)15/h2-5H,1H3. The number of nitro groups is 1. The van der Waals surface area contributed by atoms with Crippen LogP contribution in [0.3, 0.4) is 0 Å². The maximum absolute atomic E-state index is 10.6. The maximum Gasteiger partial charge on any atom is 0.366 e. The van der Waals surface area contributed by atoms with E-state index in [4.69, 9.17) is 21.1 Å². The summed E-state index contributed by atoms with van der Waals surface area (Å²) >= 11 is 6.39. The van der Waals surface area contributed by atoms with Crippen LogP contribution in [0.4, 0.5) is 5.00 Å². The third kappa shape index (κ3) is 2.69. The molecule has 0 saturated carbocycles. The van der Waals surface area contributed by atoms with Crippen LogP contribution >= 0.6 is 22.9 Å². The van der Waals surface area contributed by atoms with Gasteiger partial charge in [-0.25, -0.2) is 0 Å². The molecule has 94 valence electrons. The van der Waals surface area contributed by atoms with E-state index in [1.54, 1.807) is 31.4 Å². The van der Waals surface area contributed by atoms with Gasteiger partial charge < -0.3 is 9.47 Å². The van der Waals surface area contributed by atoms with Gasteiger partial charge in [-0.15, -0.1) is 0 Å². The second-order valence-corrected chi connectivity index (χ2v) is 4.41. The van der Waals surface area contributed by atoms with Crippen LogP contribution in [-0.2, 0) is 0 Å². The fourth-order valence-corrected chi connectivity index (χ4v) is 2.13. The van der Waals surface area contributed by atoms with Gasteiger partial charge in [-0.05, 0) is 35.6 Å². The number of ether oxygens (including phenoxy) is 2. The lowest BCUT2D eigenvalue weighted by atomic mass is 10.3. The highest BCUT2D eigenvalue weighted by molar-refractivity contribution is 7.17. The molecule has 0 aliphatic carbocycles. The molecule has 0 amide bonds.